The highest BCUT2D eigenvalue weighted by Gasteiger charge is 2.15. The van der Waals surface area contributed by atoms with E-state index in [0.29, 0.717) is 17.3 Å². The standard InChI is InChI=1S/C15H15N7/c1-11-4-2-3-5-12(11)21-14-13(18)15(20-10-19-14)22(8-6-16)9-7-17/h2-5,10H,8-9,18H2,1H3,(H,19,20,21). The summed E-state index contributed by atoms with van der Waals surface area (Å²) in [5.74, 6) is 0.814. The summed E-state index contributed by atoms with van der Waals surface area (Å²) in [4.78, 5) is 9.73. The molecular formula is C15H15N7. The van der Waals surface area contributed by atoms with E-state index in [0.717, 1.165) is 11.3 Å². The highest BCUT2D eigenvalue weighted by molar-refractivity contribution is 5.79. The van der Waals surface area contributed by atoms with E-state index in [1.165, 1.54) is 11.2 Å². The molecule has 3 N–H and O–H groups in total. The van der Waals surface area contributed by atoms with Crippen LogP contribution in [0.4, 0.5) is 23.0 Å². The van der Waals surface area contributed by atoms with Gasteiger partial charge in [0.2, 0.25) is 0 Å². The Hall–Kier alpha value is -3.32. The molecule has 0 saturated carbocycles. The molecule has 0 saturated heterocycles. The van der Waals surface area contributed by atoms with E-state index in [9.17, 15) is 0 Å². The normalized spacial score (nSPS) is 9.59. The Labute approximate surface area is 128 Å². The number of nitrogens with two attached hydrogens (primary N) is 1. The van der Waals surface area contributed by atoms with Crippen molar-refractivity contribution >= 4 is 23.0 Å². The lowest BCUT2D eigenvalue weighted by molar-refractivity contribution is 0.929. The lowest BCUT2D eigenvalue weighted by Gasteiger charge is -2.20. The first-order chi connectivity index (χ1) is 10.7. The molecule has 2 aromatic rings. The number of nitriles is 2. The first kappa shape index (κ1) is 15.1. The van der Waals surface area contributed by atoms with Crippen molar-refractivity contribution in [3.63, 3.8) is 0 Å². The zero-order valence-corrected chi connectivity index (χ0v) is 12.1. The molecule has 0 aliphatic rings. The molecule has 0 spiro atoms. The maximum Gasteiger partial charge on any atom is 0.159 e. The van der Waals surface area contributed by atoms with E-state index in [1.807, 2.05) is 43.3 Å². The third-order valence-electron chi connectivity index (χ3n) is 3.08. The lowest BCUT2D eigenvalue weighted by Crippen LogP contribution is -2.26. The Balaban J connectivity index is 2.35. The van der Waals surface area contributed by atoms with Gasteiger partial charge in [0, 0.05) is 5.69 Å². The number of rotatable bonds is 5. The molecule has 0 fully saturated rings. The van der Waals surface area contributed by atoms with Crippen molar-refractivity contribution in [3.05, 3.63) is 36.2 Å². The van der Waals surface area contributed by atoms with Crippen LogP contribution in [0.3, 0.4) is 0 Å². The van der Waals surface area contributed by atoms with Gasteiger partial charge in [-0.25, -0.2) is 9.97 Å². The zero-order valence-electron chi connectivity index (χ0n) is 12.1. The van der Waals surface area contributed by atoms with Gasteiger partial charge >= 0.3 is 0 Å². The molecule has 1 aromatic heterocycles. The molecule has 0 bridgehead atoms. The summed E-state index contributed by atoms with van der Waals surface area (Å²) < 4.78 is 0. The van der Waals surface area contributed by atoms with Crippen molar-refractivity contribution in [1.29, 1.82) is 10.5 Å². The van der Waals surface area contributed by atoms with Crippen molar-refractivity contribution in [2.45, 2.75) is 6.92 Å². The fraction of sp³-hybridized carbons (Fsp3) is 0.200. The molecule has 0 unspecified atom stereocenters. The van der Waals surface area contributed by atoms with E-state index in [-0.39, 0.29) is 13.1 Å². The maximum atomic E-state index is 8.86. The molecule has 0 atom stereocenters. The Bertz CT molecular complexity index is 726. The number of aromatic nitrogens is 2. The van der Waals surface area contributed by atoms with Crippen LogP contribution in [0.25, 0.3) is 0 Å². The van der Waals surface area contributed by atoms with E-state index in [1.54, 1.807) is 0 Å². The average Bonchev–Trinajstić information content (AvgIpc) is 2.51. The van der Waals surface area contributed by atoms with Crippen LogP contribution in [0.5, 0.6) is 0 Å². The first-order valence-electron chi connectivity index (χ1n) is 6.59. The summed E-state index contributed by atoms with van der Waals surface area (Å²) in [5, 5.41) is 20.9. The number of hydrogen-bond acceptors (Lipinski definition) is 7. The number of nitrogens with zero attached hydrogens (tertiary/aromatic N) is 5. The molecule has 7 heteroatoms. The van der Waals surface area contributed by atoms with Crippen molar-refractivity contribution in [2.24, 2.45) is 0 Å². The van der Waals surface area contributed by atoms with Crippen LogP contribution < -0.4 is 16.0 Å². The van der Waals surface area contributed by atoms with E-state index in [2.05, 4.69) is 15.3 Å². The zero-order chi connectivity index (χ0) is 15.9. The van der Waals surface area contributed by atoms with E-state index in [4.69, 9.17) is 16.3 Å². The van der Waals surface area contributed by atoms with Gasteiger partial charge in [-0.15, -0.1) is 0 Å². The predicted octanol–water partition coefficient (Wildman–Crippen LogP) is 1.96. The molecular weight excluding hydrogens is 278 g/mol. The van der Waals surface area contributed by atoms with Crippen LogP contribution in [0.15, 0.2) is 30.6 Å². The summed E-state index contributed by atoms with van der Waals surface area (Å²) in [5.41, 5.74) is 8.33. The Morgan fingerprint density at radius 2 is 1.86 bits per heavy atom. The van der Waals surface area contributed by atoms with Gasteiger partial charge in [0.1, 0.15) is 25.1 Å². The Kier molecular flexibility index (Phi) is 4.74. The Morgan fingerprint density at radius 1 is 1.18 bits per heavy atom. The van der Waals surface area contributed by atoms with Gasteiger partial charge in [-0.05, 0) is 18.6 Å². The summed E-state index contributed by atoms with van der Waals surface area (Å²) >= 11 is 0. The van der Waals surface area contributed by atoms with Gasteiger partial charge in [0.25, 0.3) is 0 Å². The molecule has 2 rings (SSSR count). The minimum absolute atomic E-state index is 0.0264. The number of nitrogens with one attached hydrogen (secondary N) is 1. The SMILES string of the molecule is Cc1ccccc1Nc1ncnc(N(CC#N)CC#N)c1N. The summed E-state index contributed by atoms with van der Waals surface area (Å²) in [6.45, 7) is 2.02. The molecule has 110 valence electrons. The maximum absolute atomic E-state index is 8.86. The monoisotopic (exact) mass is 293 g/mol. The molecule has 22 heavy (non-hydrogen) atoms. The summed E-state index contributed by atoms with van der Waals surface area (Å²) in [6, 6.07) is 11.7. The van der Waals surface area contributed by atoms with Crippen molar-refractivity contribution in [3.8, 4) is 12.1 Å². The number of aryl methyl sites for hydroxylation is 1. The average molecular weight is 293 g/mol. The third-order valence-corrected chi connectivity index (χ3v) is 3.08. The molecule has 7 nitrogen and oxygen atoms in total. The molecule has 0 aliphatic carbocycles. The smallest absolute Gasteiger partial charge is 0.159 e. The van der Waals surface area contributed by atoms with Gasteiger partial charge in [-0.2, -0.15) is 10.5 Å². The summed E-state index contributed by atoms with van der Waals surface area (Å²) in [6.07, 6.45) is 1.36. The van der Waals surface area contributed by atoms with Gasteiger partial charge < -0.3 is 16.0 Å². The van der Waals surface area contributed by atoms with E-state index >= 15 is 0 Å². The largest absolute Gasteiger partial charge is 0.393 e. The lowest BCUT2D eigenvalue weighted by atomic mass is 10.2. The minimum Gasteiger partial charge on any atom is -0.393 e. The molecule has 0 amide bonds. The second kappa shape index (κ2) is 6.91. The quantitative estimate of drug-likeness (QED) is 0.810. The van der Waals surface area contributed by atoms with Crippen LogP contribution in [0.1, 0.15) is 5.56 Å². The van der Waals surface area contributed by atoms with Crippen LogP contribution in [-0.4, -0.2) is 23.1 Å². The highest BCUT2D eigenvalue weighted by Crippen LogP contribution is 2.29. The van der Waals surface area contributed by atoms with Crippen LogP contribution in [0, 0.1) is 29.6 Å². The molecule has 1 aromatic carbocycles. The number of hydrogen-bond donors (Lipinski definition) is 2. The number of nitrogen functional groups attached to an aromatic ring is 1. The van der Waals surface area contributed by atoms with Gasteiger partial charge in [0.05, 0.1) is 12.1 Å². The van der Waals surface area contributed by atoms with Gasteiger partial charge in [0.15, 0.2) is 11.6 Å². The fourth-order valence-electron chi connectivity index (χ4n) is 1.95. The number of para-hydroxylation sites is 1. The molecule has 1 heterocycles. The van der Waals surface area contributed by atoms with E-state index < -0.39 is 0 Å². The van der Waals surface area contributed by atoms with Crippen molar-refractivity contribution < 1.29 is 0 Å². The third kappa shape index (κ3) is 3.22. The van der Waals surface area contributed by atoms with Crippen molar-refractivity contribution in [1.82, 2.24) is 9.97 Å². The Morgan fingerprint density at radius 3 is 2.50 bits per heavy atom. The second-order valence-corrected chi connectivity index (χ2v) is 4.57. The van der Waals surface area contributed by atoms with Crippen LogP contribution in [-0.2, 0) is 0 Å². The molecule has 0 aliphatic heterocycles. The van der Waals surface area contributed by atoms with Crippen molar-refractivity contribution in [2.75, 3.05) is 29.0 Å². The summed E-state index contributed by atoms with van der Waals surface area (Å²) in [7, 11) is 0. The van der Waals surface area contributed by atoms with Gasteiger partial charge in [-0.3, -0.25) is 0 Å². The topological polar surface area (TPSA) is 115 Å². The second-order valence-electron chi connectivity index (χ2n) is 4.57. The number of anilines is 4. The highest BCUT2D eigenvalue weighted by atomic mass is 15.2. The number of benzene rings is 1. The molecule has 0 radical (unpaired) electrons. The van der Waals surface area contributed by atoms with Gasteiger partial charge in [-0.1, -0.05) is 18.2 Å². The first-order valence-corrected chi connectivity index (χ1v) is 6.59. The predicted molar refractivity (Wildman–Crippen MR) is 84.3 cm³/mol. The fourth-order valence-corrected chi connectivity index (χ4v) is 1.95. The minimum atomic E-state index is 0.0264. The van der Waals surface area contributed by atoms with Crippen LogP contribution in [0.2, 0.25) is 0 Å². The van der Waals surface area contributed by atoms with Crippen LogP contribution >= 0.6 is 0 Å².